The van der Waals surface area contributed by atoms with E-state index in [1.165, 1.54) is 0 Å². The normalized spacial score (nSPS) is 14.8. The van der Waals surface area contributed by atoms with Gasteiger partial charge >= 0.3 is 11.4 Å². The van der Waals surface area contributed by atoms with Gasteiger partial charge in [0.25, 0.3) is 20.1 Å². The highest BCUT2D eigenvalue weighted by molar-refractivity contribution is 7.90. The molecule has 0 bridgehead atoms. The minimum Gasteiger partial charge on any atom is -0.286 e. The van der Waals surface area contributed by atoms with Crippen molar-refractivity contribution < 1.29 is 43.3 Å². The third kappa shape index (κ3) is 4.62. The third-order valence-corrected chi connectivity index (χ3v) is 3.83. The van der Waals surface area contributed by atoms with Crippen molar-refractivity contribution in [1.82, 2.24) is 4.72 Å². The number of alkyl halides is 5. The highest BCUT2D eigenvalue weighted by atomic mass is 32.2. The van der Waals surface area contributed by atoms with Crippen LogP contribution in [-0.2, 0) is 20.1 Å². The summed E-state index contributed by atoms with van der Waals surface area (Å²) in [5, 5.41) is -5.99. The van der Waals surface area contributed by atoms with E-state index in [0.717, 1.165) is 4.72 Å². The molecule has 0 fully saturated rings. The fraction of sp³-hybridized carbons (Fsp3) is 1.00. The zero-order valence-electron chi connectivity index (χ0n) is 8.41. The summed E-state index contributed by atoms with van der Waals surface area (Å²) in [6.07, 6.45) is -6.95. The first kappa shape index (κ1) is 17.5. The van der Waals surface area contributed by atoms with E-state index in [1.54, 1.807) is 0 Å². The summed E-state index contributed by atoms with van der Waals surface area (Å²) in [5.41, 5.74) is 0. The van der Waals surface area contributed by atoms with Gasteiger partial charge in [0.1, 0.15) is 0 Å². The van der Waals surface area contributed by atoms with Gasteiger partial charge in [0.2, 0.25) is 0 Å². The molecule has 0 aromatic heterocycles. The highest BCUT2D eigenvalue weighted by Crippen LogP contribution is 2.39. The first-order chi connectivity index (χ1) is 7.71. The molecule has 0 aliphatic carbocycles. The minimum absolute atomic E-state index is 0.661. The predicted molar refractivity (Wildman–Crippen MR) is 49.0 cm³/mol. The van der Waals surface area contributed by atoms with Gasteiger partial charge in [-0.05, 0) is 6.42 Å². The lowest BCUT2D eigenvalue weighted by Gasteiger charge is -2.19. The van der Waals surface area contributed by atoms with Gasteiger partial charge in [0.15, 0.2) is 0 Å². The second-order valence-electron chi connectivity index (χ2n) is 3.05. The zero-order valence-corrected chi connectivity index (χ0v) is 10.0. The van der Waals surface area contributed by atoms with Gasteiger partial charge in [0, 0.05) is 6.54 Å². The zero-order chi connectivity index (χ0) is 14.8. The van der Waals surface area contributed by atoms with Gasteiger partial charge < -0.3 is 0 Å². The average molecular weight is 321 g/mol. The van der Waals surface area contributed by atoms with Crippen LogP contribution >= 0.6 is 0 Å². The summed E-state index contributed by atoms with van der Waals surface area (Å²) in [4.78, 5) is 0. The molecule has 0 rings (SSSR count). The summed E-state index contributed by atoms with van der Waals surface area (Å²) >= 11 is 0. The Bertz CT molecular complexity index is 481. The number of nitrogens with one attached hydrogen (secondary N) is 1. The van der Waals surface area contributed by atoms with Crippen LogP contribution in [0.25, 0.3) is 0 Å². The Morgan fingerprint density at radius 1 is 1.00 bits per heavy atom. The number of sulfonamides is 1. The topological polar surface area (TPSA) is 101 Å². The van der Waals surface area contributed by atoms with Gasteiger partial charge in [-0.2, -0.15) is 30.4 Å². The number of halogens is 5. The van der Waals surface area contributed by atoms with Gasteiger partial charge in [-0.15, -0.1) is 0 Å². The van der Waals surface area contributed by atoms with E-state index in [2.05, 4.69) is 0 Å². The van der Waals surface area contributed by atoms with E-state index in [9.17, 15) is 38.8 Å². The molecule has 0 radical (unpaired) electrons. The molecule has 6 nitrogen and oxygen atoms in total. The van der Waals surface area contributed by atoms with E-state index in [4.69, 9.17) is 4.55 Å². The molecular weight excluding hydrogens is 313 g/mol. The van der Waals surface area contributed by atoms with Crippen molar-refractivity contribution in [3.63, 3.8) is 0 Å². The highest BCUT2D eigenvalue weighted by Gasteiger charge is 2.67. The molecule has 0 heterocycles. The van der Waals surface area contributed by atoms with Crippen molar-refractivity contribution in [3.05, 3.63) is 0 Å². The van der Waals surface area contributed by atoms with Crippen LogP contribution in [0.5, 0.6) is 0 Å². The van der Waals surface area contributed by atoms with Crippen molar-refractivity contribution in [2.75, 3.05) is 12.3 Å². The Morgan fingerprint density at radius 2 is 1.44 bits per heavy atom. The molecule has 0 aliphatic rings. The minimum atomic E-state index is -6.29. The molecule has 0 spiro atoms. The Morgan fingerprint density at radius 3 is 1.78 bits per heavy atom. The van der Waals surface area contributed by atoms with E-state index < -0.39 is 50.3 Å². The standard InChI is InChI=1S/C5H8F5NO5S2/c6-4(7,8)5(9,10)18(15,16)11-2-1-3-17(12,13)14/h11H,1-3H2,(H,12,13,14). The molecule has 0 unspecified atom stereocenters. The maximum absolute atomic E-state index is 12.4. The van der Waals surface area contributed by atoms with Gasteiger partial charge in [0.05, 0.1) is 5.75 Å². The molecular formula is C5H8F5NO5S2. The summed E-state index contributed by atoms with van der Waals surface area (Å²) in [6.45, 7) is -0.992. The molecule has 0 saturated carbocycles. The van der Waals surface area contributed by atoms with Crippen LogP contribution in [0.2, 0.25) is 0 Å². The number of rotatable bonds is 6. The summed E-state index contributed by atoms with van der Waals surface area (Å²) in [6, 6.07) is 0. The maximum Gasteiger partial charge on any atom is 0.470 e. The lowest BCUT2D eigenvalue weighted by Crippen LogP contribution is -2.50. The monoisotopic (exact) mass is 321 g/mol. The van der Waals surface area contributed by atoms with E-state index in [0.29, 0.717) is 0 Å². The third-order valence-electron chi connectivity index (χ3n) is 1.54. The molecule has 110 valence electrons. The van der Waals surface area contributed by atoms with Crippen LogP contribution in [0.3, 0.4) is 0 Å². The van der Waals surface area contributed by atoms with Crippen LogP contribution in [0.4, 0.5) is 22.0 Å². The second kappa shape index (κ2) is 5.22. The fourth-order valence-corrected chi connectivity index (χ4v) is 2.11. The molecule has 18 heavy (non-hydrogen) atoms. The molecule has 0 amide bonds. The SMILES string of the molecule is O=S(=O)(O)CCCNS(=O)(=O)C(F)(F)C(F)(F)F. The average Bonchev–Trinajstić information content (AvgIpc) is 2.09. The van der Waals surface area contributed by atoms with Gasteiger partial charge in [-0.25, -0.2) is 13.1 Å². The number of hydrogen-bond acceptors (Lipinski definition) is 4. The van der Waals surface area contributed by atoms with Crippen molar-refractivity contribution in [2.45, 2.75) is 17.9 Å². The Labute approximate surface area is 99.0 Å². The predicted octanol–water partition coefficient (Wildman–Crippen LogP) is 0.339. The van der Waals surface area contributed by atoms with Crippen LogP contribution < -0.4 is 4.72 Å². The summed E-state index contributed by atoms with van der Waals surface area (Å²) < 4.78 is 111. The fourth-order valence-electron chi connectivity index (χ4n) is 0.704. The molecule has 2 N–H and O–H groups in total. The van der Waals surface area contributed by atoms with Gasteiger partial charge in [-0.1, -0.05) is 0 Å². The largest absolute Gasteiger partial charge is 0.470 e. The molecule has 0 aromatic rings. The first-order valence-corrected chi connectivity index (χ1v) is 7.19. The van der Waals surface area contributed by atoms with Crippen LogP contribution in [0, 0.1) is 0 Å². The lowest BCUT2D eigenvalue weighted by atomic mass is 10.5. The maximum atomic E-state index is 12.4. The quantitative estimate of drug-likeness (QED) is 0.417. The van der Waals surface area contributed by atoms with Crippen LogP contribution in [-0.4, -0.2) is 45.1 Å². The van der Waals surface area contributed by atoms with E-state index >= 15 is 0 Å². The second-order valence-corrected chi connectivity index (χ2v) is 6.43. The van der Waals surface area contributed by atoms with Crippen molar-refractivity contribution in [3.8, 4) is 0 Å². The van der Waals surface area contributed by atoms with Crippen molar-refractivity contribution in [2.24, 2.45) is 0 Å². The van der Waals surface area contributed by atoms with Crippen molar-refractivity contribution in [1.29, 1.82) is 0 Å². The Kier molecular flexibility index (Phi) is 5.07. The van der Waals surface area contributed by atoms with Crippen LogP contribution in [0.15, 0.2) is 0 Å². The Hall–Kier alpha value is -0.530. The summed E-state index contributed by atoms with van der Waals surface area (Å²) in [7, 11) is -10.5. The molecule has 0 aromatic carbocycles. The number of hydrogen-bond donors (Lipinski definition) is 2. The first-order valence-electron chi connectivity index (χ1n) is 4.09. The Balaban J connectivity index is 4.61. The van der Waals surface area contributed by atoms with E-state index in [1.807, 2.05) is 0 Å². The molecule has 0 aliphatic heterocycles. The van der Waals surface area contributed by atoms with Crippen LogP contribution in [0.1, 0.15) is 6.42 Å². The van der Waals surface area contributed by atoms with Gasteiger partial charge in [-0.3, -0.25) is 4.55 Å². The lowest BCUT2D eigenvalue weighted by molar-refractivity contribution is -0.241. The van der Waals surface area contributed by atoms with E-state index in [-0.39, 0.29) is 0 Å². The summed E-state index contributed by atoms with van der Waals surface area (Å²) in [5.74, 6) is -0.979. The molecule has 0 atom stereocenters. The smallest absolute Gasteiger partial charge is 0.286 e. The molecule has 0 saturated heterocycles. The van der Waals surface area contributed by atoms with Crippen molar-refractivity contribution >= 4 is 20.1 Å². The molecule has 13 heteroatoms.